The van der Waals surface area contributed by atoms with Gasteiger partial charge >= 0.3 is 10.8 Å². The molecule has 7 rings (SSSR count). The number of amides is 3. The molecule has 2 aromatic carbocycles. The molecule has 3 N–H and O–H groups in total. The lowest BCUT2D eigenvalue weighted by Gasteiger charge is -2.43. The van der Waals surface area contributed by atoms with Crippen LogP contribution in [0.5, 0.6) is 5.75 Å². The lowest BCUT2D eigenvalue weighted by molar-refractivity contribution is -0.142. The van der Waals surface area contributed by atoms with Gasteiger partial charge < -0.3 is 20.1 Å². The van der Waals surface area contributed by atoms with Gasteiger partial charge in [-0.3, -0.25) is 28.9 Å². The smallest absolute Gasteiger partial charge is 0.305 e. The molecule has 3 aromatic rings. The van der Waals surface area contributed by atoms with Crippen LogP contribution in [0, 0.1) is 29.6 Å². The molecule has 13 heteroatoms. The summed E-state index contributed by atoms with van der Waals surface area (Å²) in [5.41, 5.74) is 1.59. The first-order valence-corrected chi connectivity index (χ1v) is 16.5. The summed E-state index contributed by atoms with van der Waals surface area (Å²) in [5, 5.41) is 13.2. The summed E-state index contributed by atoms with van der Waals surface area (Å²) in [6, 6.07) is 14.3. The zero-order valence-electron chi connectivity index (χ0n) is 23.2. The third-order valence-electron chi connectivity index (χ3n) is 9.32. The van der Waals surface area contributed by atoms with E-state index in [1.54, 1.807) is 48.2 Å². The van der Waals surface area contributed by atoms with Crippen LogP contribution in [0.3, 0.4) is 0 Å². The second kappa shape index (κ2) is 11.4. The SMILES string of the molecule is O=C(O)CCCN1C(=O)C2C3CC(C2C1=O)C1C3Sc2[nH]c(=O)sc2[C@@H]1c1ccc(OCC(=O)Nc2ccc(Cl)cc2)cc1. The van der Waals surface area contributed by atoms with E-state index in [9.17, 15) is 24.0 Å². The average Bonchev–Trinajstić information content (AvgIpc) is 3.73. The quantitative estimate of drug-likeness (QED) is 0.287. The maximum Gasteiger partial charge on any atom is 0.305 e. The summed E-state index contributed by atoms with van der Waals surface area (Å²) in [7, 11) is 0. The van der Waals surface area contributed by atoms with E-state index >= 15 is 0 Å². The maximum absolute atomic E-state index is 13.6. The van der Waals surface area contributed by atoms with Crippen LogP contribution in [0.25, 0.3) is 0 Å². The molecule has 228 valence electrons. The Morgan fingerprint density at radius 1 is 1.02 bits per heavy atom. The van der Waals surface area contributed by atoms with Crippen molar-refractivity contribution in [1.29, 1.82) is 0 Å². The number of thiazole rings is 1. The molecule has 6 unspecified atom stereocenters. The molecule has 3 amide bonds. The Balaban J connectivity index is 1.10. The van der Waals surface area contributed by atoms with Crippen molar-refractivity contribution >= 4 is 64.1 Å². The summed E-state index contributed by atoms with van der Waals surface area (Å²) in [6.07, 6.45) is 0.919. The fourth-order valence-electron chi connectivity index (χ4n) is 7.71. The third-order valence-corrected chi connectivity index (χ3v) is 12.2. The second-order valence-corrected chi connectivity index (χ2v) is 14.3. The van der Waals surface area contributed by atoms with E-state index in [2.05, 4.69) is 10.3 Å². The highest BCUT2D eigenvalue weighted by Gasteiger charge is 2.69. The van der Waals surface area contributed by atoms with Gasteiger partial charge in [-0.1, -0.05) is 35.1 Å². The average molecular weight is 654 g/mol. The van der Waals surface area contributed by atoms with Gasteiger partial charge in [0.15, 0.2) is 6.61 Å². The number of fused-ring (bicyclic) bond motifs is 9. The molecule has 2 saturated carbocycles. The van der Waals surface area contributed by atoms with Crippen LogP contribution in [0.4, 0.5) is 5.69 Å². The fraction of sp³-hybridized carbons (Fsp3) is 0.387. The van der Waals surface area contributed by atoms with E-state index in [4.69, 9.17) is 21.4 Å². The second-order valence-electron chi connectivity index (χ2n) is 11.7. The van der Waals surface area contributed by atoms with Gasteiger partial charge in [0, 0.05) is 39.7 Å². The van der Waals surface area contributed by atoms with Crippen LogP contribution in [-0.4, -0.2) is 57.1 Å². The number of thioether (sulfide) groups is 1. The number of aromatic nitrogens is 1. The minimum absolute atomic E-state index is 0.00161. The zero-order chi connectivity index (χ0) is 30.7. The summed E-state index contributed by atoms with van der Waals surface area (Å²) < 4.78 is 5.74. The molecule has 10 nitrogen and oxygen atoms in total. The van der Waals surface area contributed by atoms with Gasteiger partial charge in [0.1, 0.15) is 5.75 Å². The van der Waals surface area contributed by atoms with Crippen molar-refractivity contribution in [3.05, 3.63) is 73.7 Å². The topological polar surface area (TPSA) is 146 Å². The van der Waals surface area contributed by atoms with Crippen molar-refractivity contribution in [2.24, 2.45) is 29.6 Å². The summed E-state index contributed by atoms with van der Waals surface area (Å²) in [4.78, 5) is 68.0. The number of ether oxygens (including phenoxy) is 1. The molecule has 3 heterocycles. The molecule has 0 spiro atoms. The molecule has 2 aliphatic heterocycles. The fourth-order valence-corrected chi connectivity index (χ4v) is 10.7. The molecule has 2 aliphatic carbocycles. The Bertz CT molecular complexity index is 1710. The van der Waals surface area contributed by atoms with Crippen molar-refractivity contribution < 1.29 is 29.0 Å². The number of hydrogen-bond donors (Lipinski definition) is 3. The summed E-state index contributed by atoms with van der Waals surface area (Å²) in [6.45, 7) is -0.0512. The first-order valence-electron chi connectivity index (χ1n) is 14.4. The molecular weight excluding hydrogens is 626 g/mol. The number of nitrogens with one attached hydrogen (secondary N) is 2. The Morgan fingerprint density at radius 3 is 2.43 bits per heavy atom. The highest BCUT2D eigenvalue weighted by atomic mass is 35.5. The number of nitrogens with zero attached hydrogens (tertiary/aromatic N) is 1. The number of likely N-dealkylation sites (tertiary alicyclic amines) is 1. The minimum atomic E-state index is -0.952. The van der Waals surface area contributed by atoms with Gasteiger partial charge in [0.2, 0.25) is 11.8 Å². The number of aliphatic carboxylic acids is 1. The monoisotopic (exact) mass is 653 g/mol. The third kappa shape index (κ3) is 5.02. The Morgan fingerprint density at radius 2 is 1.73 bits per heavy atom. The largest absolute Gasteiger partial charge is 0.484 e. The van der Waals surface area contributed by atoms with E-state index < -0.39 is 17.8 Å². The van der Waals surface area contributed by atoms with Crippen molar-refractivity contribution in [2.45, 2.75) is 35.5 Å². The number of anilines is 1. The summed E-state index contributed by atoms with van der Waals surface area (Å²) in [5.74, 6) is -2.02. The number of H-pyrrole nitrogens is 1. The first-order chi connectivity index (χ1) is 21.2. The van der Waals surface area contributed by atoms with Crippen LogP contribution in [-0.2, 0) is 19.2 Å². The molecule has 4 aliphatic rings. The van der Waals surface area contributed by atoms with Gasteiger partial charge in [-0.05, 0) is 72.6 Å². The van der Waals surface area contributed by atoms with E-state index in [-0.39, 0.29) is 77.5 Å². The van der Waals surface area contributed by atoms with Crippen LogP contribution < -0.4 is 14.9 Å². The predicted molar refractivity (Wildman–Crippen MR) is 164 cm³/mol. The number of carboxylic acids is 1. The van der Waals surface area contributed by atoms with Gasteiger partial charge in [-0.2, -0.15) is 0 Å². The Labute approximate surface area is 265 Å². The lowest BCUT2D eigenvalue weighted by atomic mass is 9.68. The minimum Gasteiger partial charge on any atom is -0.484 e. The number of carboxylic acid groups (broad SMARTS) is 1. The Kier molecular flexibility index (Phi) is 7.54. The van der Waals surface area contributed by atoms with Gasteiger partial charge in [0.25, 0.3) is 5.91 Å². The molecule has 0 radical (unpaired) electrons. The van der Waals surface area contributed by atoms with E-state index in [0.29, 0.717) is 16.5 Å². The van der Waals surface area contributed by atoms with E-state index in [0.717, 1.165) is 21.9 Å². The zero-order valence-corrected chi connectivity index (χ0v) is 25.6. The number of halogens is 1. The molecule has 1 saturated heterocycles. The molecule has 44 heavy (non-hydrogen) atoms. The van der Waals surface area contributed by atoms with Gasteiger partial charge in [-0.15, -0.1) is 11.8 Å². The number of hydrogen-bond acceptors (Lipinski definition) is 8. The normalized spacial score (nSPS) is 28.0. The van der Waals surface area contributed by atoms with Crippen molar-refractivity contribution in [2.75, 3.05) is 18.5 Å². The molecule has 7 atom stereocenters. The first kappa shape index (κ1) is 29.1. The number of carbonyl (C=O) groups is 4. The lowest BCUT2D eigenvalue weighted by Crippen LogP contribution is -2.42. The molecule has 3 fully saturated rings. The molecule has 1 aromatic heterocycles. The van der Waals surface area contributed by atoms with Gasteiger partial charge in [0.05, 0.1) is 16.9 Å². The van der Waals surface area contributed by atoms with Crippen LogP contribution in [0.2, 0.25) is 5.02 Å². The molecular formula is C31H28ClN3O7S2. The van der Waals surface area contributed by atoms with Crippen LogP contribution >= 0.6 is 34.7 Å². The number of rotatable bonds is 9. The van der Waals surface area contributed by atoms with Crippen molar-refractivity contribution in [1.82, 2.24) is 9.88 Å². The standard InChI is InChI=1S/C31H28ClN3O7S2/c32-15-5-7-16(8-6-15)33-20(36)13-42-17-9-3-14(4-10-17)22-23-18-12-19(26(23)43-28-27(22)44-31(41)34-28)25-24(18)29(39)35(30(25)40)11-1-2-21(37)38/h3-10,18-19,22-26H,1-2,11-13H2,(H,33,36)(H,34,41)(H,37,38)/t18?,19?,22-,23?,24?,25?,26?/m1/s1. The highest BCUT2D eigenvalue weighted by molar-refractivity contribution is 8.00. The number of imide groups is 1. The molecule has 2 bridgehead atoms. The van der Waals surface area contributed by atoms with Crippen LogP contribution in [0.1, 0.15) is 35.6 Å². The number of benzene rings is 2. The van der Waals surface area contributed by atoms with Crippen molar-refractivity contribution in [3.8, 4) is 5.75 Å². The van der Waals surface area contributed by atoms with Crippen molar-refractivity contribution in [3.63, 3.8) is 0 Å². The Hall–Kier alpha value is -3.61. The highest BCUT2D eigenvalue weighted by Crippen LogP contribution is 2.68. The van der Waals surface area contributed by atoms with E-state index in [1.165, 1.54) is 16.2 Å². The number of aromatic amines is 1. The summed E-state index contributed by atoms with van der Waals surface area (Å²) >= 11 is 8.71. The van der Waals surface area contributed by atoms with Crippen LogP contribution in [0.15, 0.2) is 58.4 Å². The van der Waals surface area contributed by atoms with Gasteiger partial charge in [-0.25, -0.2) is 0 Å². The van der Waals surface area contributed by atoms with E-state index in [1.807, 2.05) is 12.1 Å². The predicted octanol–water partition coefficient (Wildman–Crippen LogP) is 4.45. The maximum atomic E-state index is 13.6. The number of carbonyl (C=O) groups excluding carboxylic acids is 3.